The molecule has 2 heterocycles. The Bertz CT molecular complexity index is 1310. The van der Waals surface area contributed by atoms with Crippen molar-refractivity contribution < 1.29 is 18.7 Å². The van der Waals surface area contributed by atoms with Crippen LogP contribution >= 0.6 is 22.9 Å². The fourth-order valence-corrected chi connectivity index (χ4v) is 4.02. The molecule has 11 heteroatoms. The molecule has 0 radical (unpaired) electrons. The number of hydrogen-bond donors (Lipinski definition) is 2. The Hall–Kier alpha value is -3.50. The number of benzene rings is 2. The molecule has 0 unspecified atom stereocenters. The van der Waals surface area contributed by atoms with E-state index in [1.54, 1.807) is 28.8 Å². The third-order valence-corrected chi connectivity index (χ3v) is 5.62. The first-order valence-corrected chi connectivity index (χ1v) is 10.7. The molecule has 0 saturated carbocycles. The molecule has 0 aliphatic rings. The van der Waals surface area contributed by atoms with E-state index in [4.69, 9.17) is 16.3 Å². The van der Waals surface area contributed by atoms with Gasteiger partial charge in [0.2, 0.25) is 4.96 Å². The highest BCUT2D eigenvalue weighted by molar-refractivity contribution is 7.15. The maximum Gasteiger partial charge on any atom is 0.313 e. The number of methoxy groups -OCH3 is 1. The van der Waals surface area contributed by atoms with Crippen LogP contribution in [0.1, 0.15) is 5.69 Å². The first-order chi connectivity index (χ1) is 15.4. The number of ether oxygens (including phenoxy) is 1. The third kappa shape index (κ3) is 4.71. The van der Waals surface area contributed by atoms with E-state index in [0.717, 1.165) is 5.69 Å². The highest BCUT2D eigenvalue weighted by atomic mass is 35.5. The minimum Gasteiger partial charge on any atom is -0.495 e. The van der Waals surface area contributed by atoms with Crippen molar-refractivity contribution in [2.75, 3.05) is 19.0 Å². The Morgan fingerprint density at radius 2 is 2.06 bits per heavy atom. The summed E-state index contributed by atoms with van der Waals surface area (Å²) < 4.78 is 20.3. The molecule has 0 aliphatic heterocycles. The summed E-state index contributed by atoms with van der Waals surface area (Å²) in [6.07, 6.45) is 0.422. The van der Waals surface area contributed by atoms with Crippen molar-refractivity contribution in [3.63, 3.8) is 0 Å². The minimum atomic E-state index is -0.838. The lowest BCUT2D eigenvalue weighted by Crippen LogP contribution is -2.36. The quantitative estimate of drug-likeness (QED) is 0.417. The van der Waals surface area contributed by atoms with Gasteiger partial charge < -0.3 is 15.4 Å². The molecule has 0 saturated heterocycles. The van der Waals surface area contributed by atoms with Crippen LogP contribution in [0.4, 0.5) is 10.1 Å². The van der Waals surface area contributed by atoms with Gasteiger partial charge in [0, 0.05) is 28.9 Å². The fourth-order valence-electron chi connectivity index (χ4n) is 2.99. The topological polar surface area (TPSA) is 97.6 Å². The number of anilines is 1. The fraction of sp³-hybridized carbons (Fsp3) is 0.143. The number of aromatic nitrogens is 3. The largest absolute Gasteiger partial charge is 0.495 e. The number of nitrogens with zero attached hydrogens (tertiary/aromatic N) is 3. The van der Waals surface area contributed by atoms with E-state index in [0.29, 0.717) is 39.2 Å². The molecule has 0 fully saturated rings. The number of hydrogen-bond acceptors (Lipinski definition) is 6. The molecule has 0 atom stereocenters. The van der Waals surface area contributed by atoms with E-state index in [-0.39, 0.29) is 12.4 Å². The molecule has 32 heavy (non-hydrogen) atoms. The minimum absolute atomic E-state index is 0.208. The summed E-state index contributed by atoms with van der Waals surface area (Å²) in [5.74, 6) is -1.20. The van der Waals surface area contributed by atoms with Crippen LogP contribution < -0.4 is 15.4 Å². The number of carbonyl (C=O) groups is 2. The van der Waals surface area contributed by atoms with Gasteiger partial charge >= 0.3 is 11.8 Å². The lowest BCUT2D eigenvalue weighted by atomic mass is 10.2. The summed E-state index contributed by atoms with van der Waals surface area (Å²) in [5.41, 5.74) is 1.68. The van der Waals surface area contributed by atoms with E-state index in [1.165, 1.54) is 36.6 Å². The number of thiazole rings is 1. The second kappa shape index (κ2) is 9.33. The Morgan fingerprint density at radius 1 is 1.22 bits per heavy atom. The van der Waals surface area contributed by atoms with Gasteiger partial charge in [-0.25, -0.2) is 8.91 Å². The summed E-state index contributed by atoms with van der Waals surface area (Å²) in [7, 11) is 1.45. The van der Waals surface area contributed by atoms with E-state index >= 15 is 0 Å². The molecule has 2 aromatic heterocycles. The average molecular weight is 474 g/mol. The summed E-state index contributed by atoms with van der Waals surface area (Å²) >= 11 is 7.32. The Balaban J connectivity index is 1.37. The highest BCUT2D eigenvalue weighted by Gasteiger charge is 2.17. The number of rotatable bonds is 6. The zero-order chi connectivity index (χ0) is 22.7. The molecule has 0 bridgehead atoms. The molecule has 0 spiro atoms. The molecule has 2 N–H and O–H groups in total. The van der Waals surface area contributed by atoms with Crippen LogP contribution in [0.5, 0.6) is 5.75 Å². The zero-order valence-electron chi connectivity index (χ0n) is 16.8. The standard InChI is InChI=1S/C21H17ClFN5O3S/c1-31-17-6-5-13(22)10-16(17)25-20(30)19(29)24-8-7-15-11-32-21-26-18(27-28(15)21)12-3-2-4-14(23)9-12/h2-6,9-11H,7-8H2,1H3,(H,24,29)(H,25,30). The van der Waals surface area contributed by atoms with Gasteiger partial charge in [-0.2, -0.15) is 4.98 Å². The smallest absolute Gasteiger partial charge is 0.313 e. The molecule has 4 rings (SSSR count). The van der Waals surface area contributed by atoms with Crippen molar-refractivity contribution in [3.8, 4) is 17.1 Å². The molecular formula is C21H17ClFN5O3S. The molecule has 4 aromatic rings. The normalized spacial score (nSPS) is 10.8. The second-order valence-corrected chi connectivity index (χ2v) is 7.94. The van der Waals surface area contributed by atoms with E-state index in [2.05, 4.69) is 20.7 Å². The van der Waals surface area contributed by atoms with Crippen LogP contribution in [-0.2, 0) is 16.0 Å². The summed E-state index contributed by atoms with van der Waals surface area (Å²) in [6, 6.07) is 10.8. The van der Waals surface area contributed by atoms with Gasteiger partial charge in [0.05, 0.1) is 18.5 Å². The number of carbonyl (C=O) groups excluding carboxylic acids is 2. The summed E-state index contributed by atoms with van der Waals surface area (Å²) in [4.78, 5) is 29.5. The predicted octanol–water partition coefficient (Wildman–Crippen LogP) is 3.56. The predicted molar refractivity (Wildman–Crippen MR) is 120 cm³/mol. The molecule has 8 nitrogen and oxygen atoms in total. The number of nitrogens with one attached hydrogen (secondary N) is 2. The second-order valence-electron chi connectivity index (χ2n) is 6.67. The summed E-state index contributed by atoms with van der Waals surface area (Å²) in [6.45, 7) is 0.208. The Labute approximate surface area is 191 Å². The van der Waals surface area contributed by atoms with Crippen molar-refractivity contribution in [2.24, 2.45) is 0 Å². The van der Waals surface area contributed by atoms with Crippen molar-refractivity contribution in [2.45, 2.75) is 6.42 Å². The van der Waals surface area contributed by atoms with Crippen molar-refractivity contribution >= 4 is 45.4 Å². The van der Waals surface area contributed by atoms with Gasteiger partial charge in [-0.15, -0.1) is 16.4 Å². The van der Waals surface area contributed by atoms with Crippen LogP contribution in [0.15, 0.2) is 47.8 Å². The molecular weight excluding hydrogens is 457 g/mol. The van der Waals surface area contributed by atoms with Crippen LogP contribution in [0.3, 0.4) is 0 Å². The molecule has 164 valence electrons. The van der Waals surface area contributed by atoms with Crippen LogP contribution in [0.2, 0.25) is 5.02 Å². The number of halogens is 2. The average Bonchev–Trinajstić information content (AvgIpc) is 3.35. The lowest BCUT2D eigenvalue weighted by Gasteiger charge is -2.10. The molecule has 0 aliphatic carbocycles. The first kappa shape index (κ1) is 21.7. The van der Waals surface area contributed by atoms with Crippen molar-refractivity contribution in [3.05, 3.63) is 64.4 Å². The van der Waals surface area contributed by atoms with Gasteiger partial charge in [-0.05, 0) is 30.3 Å². The third-order valence-electron chi connectivity index (χ3n) is 4.52. The van der Waals surface area contributed by atoms with Gasteiger partial charge in [-0.1, -0.05) is 23.7 Å². The van der Waals surface area contributed by atoms with Crippen LogP contribution in [0, 0.1) is 5.82 Å². The number of amides is 2. The maximum absolute atomic E-state index is 13.5. The van der Waals surface area contributed by atoms with Crippen molar-refractivity contribution in [1.82, 2.24) is 19.9 Å². The Morgan fingerprint density at radius 3 is 2.84 bits per heavy atom. The monoisotopic (exact) mass is 473 g/mol. The van der Waals surface area contributed by atoms with E-state index < -0.39 is 11.8 Å². The Kier molecular flexibility index (Phi) is 6.33. The van der Waals surface area contributed by atoms with Gasteiger partial charge in [-0.3, -0.25) is 9.59 Å². The zero-order valence-corrected chi connectivity index (χ0v) is 18.3. The molecule has 2 amide bonds. The van der Waals surface area contributed by atoms with Gasteiger partial charge in [0.15, 0.2) is 5.82 Å². The van der Waals surface area contributed by atoms with Gasteiger partial charge in [0.1, 0.15) is 11.6 Å². The van der Waals surface area contributed by atoms with E-state index in [1.807, 2.05) is 5.38 Å². The molecule has 2 aromatic carbocycles. The first-order valence-electron chi connectivity index (χ1n) is 9.46. The lowest BCUT2D eigenvalue weighted by molar-refractivity contribution is -0.136. The van der Waals surface area contributed by atoms with Gasteiger partial charge in [0.25, 0.3) is 0 Å². The van der Waals surface area contributed by atoms with Crippen molar-refractivity contribution in [1.29, 1.82) is 0 Å². The maximum atomic E-state index is 13.5. The van der Waals surface area contributed by atoms with Crippen LogP contribution in [-0.4, -0.2) is 40.1 Å². The summed E-state index contributed by atoms with van der Waals surface area (Å²) in [5, 5.41) is 11.8. The number of fused-ring (bicyclic) bond motifs is 1. The van der Waals surface area contributed by atoms with E-state index in [9.17, 15) is 14.0 Å². The van der Waals surface area contributed by atoms with Crippen LogP contribution in [0.25, 0.3) is 16.3 Å². The highest BCUT2D eigenvalue weighted by Crippen LogP contribution is 2.27. The SMILES string of the molecule is COc1ccc(Cl)cc1NC(=O)C(=O)NCCc1csc2nc(-c3cccc(F)c3)nn12.